The van der Waals surface area contributed by atoms with Crippen molar-refractivity contribution in [3.05, 3.63) is 47.5 Å². The number of carbonyl (C=O) groups is 1. The number of hydrogen-bond acceptors (Lipinski definition) is 3. The molecule has 0 radical (unpaired) electrons. The largest absolute Gasteiger partial charge is 0.481 e. The van der Waals surface area contributed by atoms with E-state index in [0.29, 0.717) is 0 Å². The monoisotopic (exact) mass is 271 g/mol. The lowest BCUT2D eigenvalue weighted by Crippen LogP contribution is -2.09. The second-order valence-electron chi connectivity index (χ2n) is 4.53. The smallest absolute Gasteiger partial charge is 0.307 e. The summed E-state index contributed by atoms with van der Waals surface area (Å²) in [6.07, 6.45) is 0.0464. The van der Waals surface area contributed by atoms with Crippen molar-refractivity contribution in [3.8, 4) is 0 Å². The molecular weight excluding hydrogens is 258 g/mol. The summed E-state index contributed by atoms with van der Waals surface area (Å²) in [6, 6.07) is 12.1. The maximum absolute atomic E-state index is 11.0. The van der Waals surface area contributed by atoms with Crippen molar-refractivity contribution in [2.45, 2.75) is 23.1 Å². The third-order valence-electron chi connectivity index (χ3n) is 3.20. The van der Waals surface area contributed by atoms with Gasteiger partial charge in [-0.2, -0.15) is 0 Å². The first-order valence-corrected chi connectivity index (χ1v) is 6.85. The Morgan fingerprint density at radius 1 is 1.21 bits per heavy atom. The normalized spacial score (nSPS) is 12.3. The zero-order chi connectivity index (χ0) is 13.4. The lowest BCUT2D eigenvalue weighted by atomic mass is 10.0. The second-order valence-corrected chi connectivity index (χ2v) is 5.61. The molecule has 1 aliphatic rings. The average Bonchev–Trinajstić information content (AvgIpc) is 2.40. The van der Waals surface area contributed by atoms with Gasteiger partial charge >= 0.3 is 5.97 Å². The molecule has 4 heteroatoms. The minimum Gasteiger partial charge on any atom is -0.481 e. The summed E-state index contributed by atoms with van der Waals surface area (Å²) >= 11 is 1.68. The van der Waals surface area contributed by atoms with Crippen LogP contribution in [0.1, 0.15) is 11.1 Å². The molecule has 0 saturated heterocycles. The van der Waals surface area contributed by atoms with Crippen molar-refractivity contribution in [2.75, 3.05) is 5.32 Å². The topological polar surface area (TPSA) is 49.3 Å². The van der Waals surface area contributed by atoms with E-state index in [-0.39, 0.29) is 6.42 Å². The Labute approximate surface area is 115 Å². The zero-order valence-corrected chi connectivity index (χ0v) is 11.3. The number of carboxylic acid groups (broad SMARTS) is 1. The number of para-hydroxylation sites is 1. The number of nitrogens with one attached hydrogen (secondary N) is 1. The fraction of sp³-hybridized carbons (Fsp3) is 0.133. The van der Waals surface area contributed by atoms with Gasteiger partial charge in [0.2, 0.25) is 0 Å². The van der Waals surface area contributed by atoms with E-state index in [0.717, 1.165) is 27.4 Å². The van der Waals surface area contributed by atoms with Crippen LogP contribution in [0.2, 0.25) is 0 Å². The molecule has 2 aromatic rings. The number of aryl methyl sites for hydroxylation is 1. The molecule has 2 N–H and O–H groups in total. The summed E-state index contributed by atoms with van der Waals surface area (Å²) in [4.78, 5) is 13.3. The van der Waals surface area contributed by atoms with Gasteiger partial charge in [-0.25, -0.2) is 0 Å². The number of benzene rings is 2. The Kier molecular flexibility index (Phi) is 2.95. The second kappa shape index (κ2) is 4.63. The van der Waals surface area contributed by atoms with Crippen LogP contribution in [0.15, 0.2) is 46.2 Å². The van der Waals surface area contributed by atoms with Gasteiger partial charge in [0.05, 0.1) is 17.8 Å². The van der Waals surface area contributed by atoms with E-state index >= 15 is 0 Å². The molecule has 0 aromatic heterocycles. The van der Waals surface area contributed by atoms with E-state index in [1.54, 1.807) is 11.8 Å². The van der Waals surface area contributed by atoms with Crippen LogP contribution in [0.4, 0.5) is 11.4 Å². The highest BCUT2D eigenvalue weighted by Gasteiger charge is 2.20. The third kappa shape index (κ3) is 2.19. The molecule has 0 fully saturated rings. The van der Waals surface area contributed by atoms with E-state index in [1.165, 1.54) is 4.90 Å². The molecule has 1 heterocycles. The predicted molar refractivity (Wildman–Crippen MR) is 76.4 cm³/mol. The number of aliphatic carboxylic acids is 1. The van der Waals surface area contributed by atoms with E-state index in [1.807, 2.05) is 37.3 Å². The molecule has 1 aliphatic heterocycles. The molecule has 0 atom stereocenters. The zero-order valence-electron chi connectivity index (χ0n) is 10.4. The van der Waals surface area contributed by atoms with Gasteiger partial charge in [0.1, 0.15) is 0 Å². The summed E-state index contributed by atoms with van der Waals surface area (Å²) in [5.41, 5.74) is 3.85. The highest BCUT2D eigenvalue weighted by atomic mass is 32.2. The van der Waals surface area contributed by atoms with Crippen LogP contribution in [0.3, 0.4) is 0 Å². The van der Waals surface area contributed by atoms with Crippen LogP contribution in [-0.4, -0.2) is 11.1 Å². The first-order valence-electron chi connectivity index (χ1n) is 6.03. The van der Waals surface area contributed by atoms with Gasteiger partial charge in [0, 0.05) is 9.79 Å². The average molecular weight is 271 g/mol. The Morgan fingerprint density at radius 3 is 2.79 bits per heavy atom. The van der Waals surface area contributed by atoms with Crippen molar-refractivity contribution < 1.29 is 9.90 Å². The van der Waals surface area contributed by atoms with Gasteiger partial charge in [-0.05, 0) is 36.2 Å². The van der Waals surface area contributed by atoms with Crippen molar-refractivity contribution >= 4 is 29.1 Å². The summed E-state index contributed by atoms with van der Waals surface area (Å²) in [5.74, 6) is -0.804. The molecule has 96 valence electrons. The summed E-state index contributed by atoms with van der Waals surface area (Å²) in [7, 11) is 0. The van der Waals surface area contributed by atoms with E-state index < -0.39 is 5.97 Å². The summed E-state index contributed by atoms with van der Waals surface area (Å²) in [5, 5.41) is 12.4. The molecule has 0 saturated carbocycles. The van der Waals surface area contributed by atoms with E-state index in [9.17, 15) is 4.79 Å². The first-order chi connectivity index (χ1) is 9.15. The highest BCUT2D eigenvalue weighted by Crippen LogP contribution is 2.46. The maximum Gasteiger partial charge on any atom is 0.307 e. The Balaban J connectivity index is 2.10. The van der Waals surface area contributed by atoms with Crippen molar-refractivity contribution in [1.82, 2.24) is 0 Å². The van der Waals surface area contributed by atoms with Crippen LogP contribution in [0.25, 0.3) is 0 Å². The van der Waals surface area contributed by atoms with Gasteiger partial charge in [-0.15, -0.1) is 0 Å². The quantitative estimate of drug-likeness (QED) is 0.743. The van der Waals surface area contributed by atoms with E-state index in [4.69, 9.17) is 5.11 Å². The number of fused-ring (bicyclic) bond motifs is 2. The van der Waals surface area contributed by atoms with Crippen molar-refractivity contribution in [3.63, 3.8) is 0 Å². The summed E-state index contributed by atoms with van der Waals surface area (Å²) < 4.78 is 0. The minimum absolute atomic E-state index is 0.0464. The number of anilines is 2. The molecule has 2 aromatic carbocycles. The van der Waals surface area contributed by atoms with Gasteiger partial charge < -0.3 is 10.4 Å². The Morgan fingerprint density at radius 2 is 2.00 bits per heavy atom. The van der Waals surface area contributed by atoms with Crippen LogP contribution in [-0.2, 0) is 11.2 Å². The highest BCUT2D eigenvalue weighted by molar-refractivity contribution is 7.99. The standard InChI is InChI=1S/C15H13NO2S/c1-9-6-7-13-15(10(9)8-14(17)18)16-11-4-2-3-5-12(11)19-13/h2-7,16H,8H2,1H3,(H,17,18). The molecule has 3 rings (SSSR count). The lowest BCUT2D eigenvalue weighted by molar-refractivity contribution is -0.136. The fourth-order valence-electron chi connectivity index (χ4n) is 2.24. The number of hydrogen-bond donors (Lipinski definition) is 2. The molecule has 3 nitrogen and oxygen atoms in total. The van der Waals surface area contributed by atoms with Gasteiger partial charge in [0.15, 0.2) is 0 Å². The maximum atomic E-state index is 11.0. The Bertz CT molecular complexity index is 667. The van der Waals surface area contributed by atoms with Crippen LogP contribution >= 0.6 is 11.8 Å². The first kappa shape index (κ1) is 12.1. The number of rotatable bonds is 2. The van der Waals surface area contributed by atoms with Crippen molar-refractivity contribution in [1.29, 1.82) is 0 Å². The van der Waals surface area contributed by atoms with E-state index in [2.05, 4.69) is 11.4 Å². The Hall–Kier alpha value is -1.94. The lowest BCUT2D eigenvalue weighted by Gasteiger charge is -2.24. The SMILES string of the molecule is Cc1ccc2c(c1CC(=O)O)Nc1ccccc1S2. The van der Waals surface area contributed by atoms with Crippen molar-refractivity contribution in [2.24, 2.45) is 0 Å². The third-order valence-corrected chi connectivity index (χ3v) is 4.34. The van der Waals surface area contributed by atoms with Gasteiger partial charge in [-0.1, -0.05) is 30.0 Å². The summed E-state index contributed by atoms with van der Waals surface area (Å²) in [6.45, 7) is 1.95. The van der Waals surface area contributed by atoms with Crippen LogP contribution < -0.4 is 5.32 Å². The van der Waals surface area contributed by atoms with Gasteiger partial charge in [-0.3, -0.25) is 4.79 Å². The molecular formula is C15H13NO2S. The molecule has 19 heavy (non-hydrogen) atoms. The minimum atomic E-state index is -0.804. The molecule has 0 unspecified atom stereocenters. The molecule has 0 spiro atoms. The predicted octanol–water partition coefficient (Wildman–Crippen LogP) is 3.83. The van der Waals surface area contributed by atoms with Crippen LogP contribution in [0, 0.1) is 6.92 Å². The number of carboxylic acids is 1. The molecule has 0 aliphatic carbocycles. The molecule has 0 bridgehead atoms. The van der Waals surface area contributed by atoms with Crippen LogP contribution in [0.5, 0.6) is 0 Å². The molecule has 0 amide bonds. The fourth-order valence-corrected chi connectivity index (χ4v) is 3.27. The van der Waals surface area contributed by atoms with Gasteiger partial charge in [0.25, 0.3) is 0 Å².